The average molecular weight is 372 g/mol. The molecule has 0 aliphatic carbocycles. The Kier molecular flexibility index (Phi) is 5.57. The van der Waals surface area contributed by atoms with Crippen LogP contribution in [0.25, 0.3) is 11.1 Å². The average Bonchev–Trinajstić information content (AvgIpc) is 2.79. The number of piperazine rings is 1. The summed E-state index contributed by atoms with van der Waals surface area (Å²) in [6.45, 7) is 3.19. The predicted octanol–water partition coefficient (Wildman–Crippen LogP) is 4.08. The van der Waals surface area contributed by atoms with Gasteiger partial charge in [0, 0.05) is 37.4 Å². The van der Waals surface area contributed by atoms with Gasteiger partial charge in [0.05, 0.1) is 0 Å². The minimum atomic E-state index is 0.0376. The summed E-state index contributed by atoms with van der Waals surface area (Å²) < 4.78 is 5.91. The quantitative estimate of drug-likeness (QED) is 0.677. The van der Waals surface area contributed by atoms with E-state index in [9.17, 15) is 4.79 Å². The zero-order valence-corrected chi connectivity index (χ0v) is 15.8. The third kappa shape index (κ3) is 4.17. The highest BCUT2D eigenvalue weighted by Gasteiger charge is 2.21. The molecule has 1 aliphatic heterocycles. The van der Waals surface area contributed by atoms with Crippen molar-refractivity contribution in [2.45, 2.75) is 0 Å². The summed E-state index contributed by atoms with van der Waals surface area (Å²) in [5.41, 5.74) is 3.30. The highest BCUT2D eigenvalue weighted by Crippen LogP contribution is 2.29. The number of hydrogen-bond donors (Lipinski definition) is 0. The van der Waals surface area contributed by atoms with Crippen molar-refractivity contribution in [2.24, 2.45) is 0 Å². The Morgan fingerprint density at radius 2 is 1.36 bits per heavy atom. The van der Waals surface area contributed by atoms with Gasteiger partial charge in [-0.25, -0.2) is 0 Å². The number of rotatable bonds is 5. The molecule has 0 N–H and O–H groups in total. The van der Waals surface area contributed by atoms with E-state index in [1.807, 2.05) is 77.7 Å². The molecule has 0 aromatic heterocycles. The van der Waals surface area contributed by atoms with E-state index in [1.165, 1.54) is 5.69 Å². The Morgan fingerprint density at radius 3 is 2.07 bits per heavy atom. The third-order valence-electron chi connectivity index (χ3n) is 5.08. The minimum absolute atomic E-state index is 0.0376. The molecule has 0 radical (unpaired) electrons. The normalized spacial score (nSPS) is 14.0. The summed E-state index contributed by atoms with van der Waals surface area (Å²) in [5, 5.41) is 0. The molecule has 3 aromatic carbocycles. The Hall–Kier alpha value is -3.27. The third-order valence-corrected chi connectivity index (χ3v) is 5.08. The Labute approximate surface area is 166 Å². The van der Waals surface area contributed by atoms with Gasteiger partial charge in [0.15, 0.2) is 6.61 Å². The number of ether oxygens (including phenoxy) is 1. The lowest BCUT2D eigenvalue weighted by Gasteiger charge is -2.36. The number of carbonyl (C=O) groups is 1. The van der Waals surface area contributed by atoms with E-state index in [2.05, 4.69) is 17.0 Å². The molecule has 4 nitrogen and oxygen atoms in total. The minimum Gasteiger partial charge on any atom is -0.483 e. The summed E-state index contributed by atoms with van der Waals surface area (Å²) in [6, 6.07) is 28.3. The van der Waals surface area contributed by atoms with Gasteiger partial charge in [0.2, 0.25) is 0 Å². The number of anilines is 1. The second-order valence-corrected chi connectivity index (χ2v) is 6.85. The van der Waals surface area contributed by atoms with Crippen LogP contribution in [0.3, 0.4) is 0 Å². The lowest BCUT2D eigenvalue weighted by atomic mass is 10.1. The van der Waals surface area contributed by atoms with Gasteiger partial charge >= 0.3 is 0 Å². The van der Waals surface area contributed by atoms with Crippen LogP contribution in [-0.4, -0.2) is 43.6 Å². The molecule has 1 heterocycles. The van der Waals surface area contributed by atoms with Crippen LogP contribution in [0, 0.1) is 0 Å². The first-order valence-corrected chi connectivity index (χ1v) is 9.66. The van der Waals surface area contributed by atoms with Gasteiger partial charge in [-0.05, 0) is 23.8 Å². The van der Waals surface area contributed by atoms with Crippen molar-refractivity contribution in [3.8, 4) is 16.9 Å². The number of amides is 1. The Morgan fingerprint density at radius 1 is 0.750 bits per heavy atom. The van der Waals surface area contributed by atoms with Crippen LogP contribution in [-0.2, 0) is 4.79 Å². The SMILES string of the molecule is O=C(COc1ccccc1-c1ccccc1)N1CCN(c2ccccc2)CC1. The van der Waals surface area contributed by atoms with E-state index in [0.29, 0.717) is 0 Å². The standard InChI is InChI=1S/C24H24N2O2/c27-24(26-17-15-25(16-18-26)21-11-5-2-6-12-21)19-28-23-14-8-7-13-22(23)20-9-3-1-4-10-20/h1-14H,15-19H2. The number of para-hydroxylation sites is 2. The zero-order valence-electron chi connectivity index (χ0n) is 15.8. The number of hydrogen-bond acceptors (Lipinski definition) is 3. The summed E-state index contributed by atoms with van der Waals surface area (Å²) in [7, 11) is 0. The molecule has 3 aromatic rings. The molecule has 1 aliphatic rings. The molecular weight excluding hydrogens is 348 g/mol. The van der Waals surface area contributed by atoms with Crippen LogP contribution < -0.4 is 9.64 Å². The Balaban J connectivity index is 1.35. The van der Waals surface area contributed by atoms with Crippen LogP contribution in [0.2, 0.25) is 0 Å². The van der Waals surface area contributed by atoms with Gasteiger partial charge in [0.25, 0.3) is 5.91 Å². The number of benzene rings is 3. The Bertz CT molecular complexity index is 904. The van der Waals surface area contributed by atoms with Gasteiger partial charge in [-0.3, -0.25) is 4.79 Å². The van der Waals surface area contributed by atoms with Gasteiger partial charge in [-0.1, -0.05) is 66.7 Å². The highest BCUT2D eigenvalue weighted by molar-refractivity contribution is 5.79. The van der Waals surface area contributed by atoms with Crippen molar-refractivity contribution in [1.29, 1.82) is 0 Å². The maximum absolute atomic E-state index is 12.6. The van der Waals surface area contributed by atoms with E-state index in [0.717, 1.165) is 43.1 Å². The van der Waals surface area contributed by atoms with Crippen LogP contribution in [0.1, 0.15) is 0 Å². The predicted molar refractivity (Wildman–Crippen MR) is 113 cm³/mol. The van der Waals surface area contributed by atoms with Crippen LogP contribution in [0.5, 0.6) is 5.75 Å². The molecule has 1 saturated heterocycles. The molecule has 4 rings (SSSR count). The number of carbonyl (C=O) groups excluding carboxylic acids is 1. The van der Waals surface area contributed by atoms with E-state index >= 15 is 0 Å². The molecule has 0 saturated carbocycles. The summed E-state index contributed by atoms with van der Waals surface area (Å²) in [5.74, 6) is 0.778. The second kappa shape index (κ2) is 8.61. The molecular formula is C24H24N2O2. The molecule has 1 amide bonds. The van der Waals surface area contributed by atoms with Gasteiger partial charge in [-0.2, -0.15) is 0 Å². The molecule has 28 heavy (non-hydrogen) atoms. The van der Waals surface area contributed by atoms with Gasteiger partial charge < -0.3 is 14.5 Å². The van der Waals surface area contributed by atoms with Crippen molar-refractivity contribution < 1.29 is 9.53 Å². The first-order valence-electron chi connectivity index (χ1n) is 9.66. The van der Waals surface area contributed by atoms with Crippen molar-refractivity contribution >= 4 is 11.6 Å². The molecule has 1 fully saturated rings. The molecule has 142 valence electrons. The molecule has 0 atom stereocenters. The first-order chi connectivity index (χ1) is 13.8. The number of nitrogens with zero attached hydrogens (tertiary/aromatic N) is 2. The fraction of sp³-hybridized carbons (Fsp3) is 0.208. The van der Waals surface area contributed by atoms with E-state index < -0.39 is 0 Å². The second-order valence-electron chi connectivity index (χ2n) is 6.85. The van der Waals surface area contributed by atoms with Crippen LogP contribution >= 0.6 is 0 Å². The molecule has 0 bridgehead atoms. The topological polar surface area (TPSA) is 32.8 Å². The van der Waals surface area contributed by atoms with Gasteiger partial charge in [-0.15, -0.1) is 0 Å². The monoisotopic (exact) mass is 372 g/mol. The lowest BCUT2D eigenvalue weighted by Crippen LogP contribution is -2.50. The molecule has 0 unspecified atom stereocenters. The highest BCUT2D eigenvalue weighted by atomic mass is 16.5. The summed E-state index contributed by atoms with van der Waals surface area (Å²) in [4.78, 5) is 16.9. The summed E-state index contributed by atoms with van der Waals surface area (Å²) >= 11 is 0. The van der Waals surface area contributed by atoms with E-state index in [4.69, 9.17) is 4.74 Å². The fourth-order valence-electron chi connectivity index (χ4n) is 3.53. The summed E-state index contributed by atoms with van der Waals surface area (Å²) in [6.07, 6.45) is 0. The van der Waals surface area contributed by atoms with Crippen LogP contribution in [0.4, 0.5) is 5.69 Å². The first kappa shape index (κ1) is 18.1. The molecule has 4 heteroatoms. The van der Waals surface area contributed by atoms with E-state index in [-0.39, 0.29) is 12.5 Å². The van der Waals surface area contributed by atoms with Crippen molar-refractivity contribution in [1.82, 2.24) is 4.90 Å². The van der Waals surface area contributed by atoms with Crippen LogP contribution in [0.15, 0.2) is 84.9 Å². The van der Waals surface area contributed by atoms with Crippen molar-refractivity contribution in [3.63, 3.8) is 0 Å². The van der Waals surface area contributed by atoms with Crippen molar-refractivity contribution in [3.05, 3.63) is 84.9 Å². The largest absolute Gasteiger partial charge is 0.483 e. The maximum Gasteiger partial charge on any atom is 0.260 e. The fourth-order valence-corrected chi connectivity index (χ4v) is 3.53. The maximum atomic E-state index is 12.6. The van der Waals surface area contributed by atoms with E-state index in [1.54, 1.807) is 0 Å². The molecule has 0 spiro atoms. The zero-order chi connectivity index (χ0) is 19.2. The lowest BCUT2D eigenvalue weighted by molar-refractivity contribution is -0.133. The van der Waals surface area contributed by atoms with Gasteiger partial charge in [0.1, 0.15) is 5.75 Å². The smallest absolute Gasteiger partial charge is 0.260 e. The van der Waals surface area contributed by atoms with Crippen molar-refractivity contribution in [2.75, 3.05) is 37.7 Å².